The number of nitro groups is 1. The van der Waals surface area contributed by atoms with Gasteiger partial charge in [0, 0.05) is 23.7 Å². The lowest BCUT2D eigenvalue weighted by Gasteiger charge is -2.38. The van der Waals surface area contributed by atoms with Gasteiger partial charge in [0.1, 0.15) is 11.4 Å². The standard InChI is InChI=1S/C29H21N5O5/c35-25-18-9-1-3-11-20(18)30-28-29(19-10-2-4-12-21(19)33(25)28)24-23(22-13-6-14-31(22)29)26(36)32(27(24)37)16-7-5-8-17(15-16)34(38)39/h1-5,7-12,15,22-24H,6,13-14H2/t22-,23+,24-,29+/m0/s1. The zero-order valence-electron chi connectivity index (χ0n) is 20.6. The van der Waals surface area contributed by atoms with Gasteiger partial charge in [0.25, 0.3) is 11.2 Å². The molecule has 4 aliphatic heterocycles. The molecule has 1 spiro atoms. The molecule has 3 fully saturated rings. The summed E-state index contributed by atoms with van der Waals surface area (Å²) < 4.78 is 1.61. The molecule has 4 aromatic rings. The number of hydrogen-bond acceptors (Lipinski definition) is 7. The maximum atomic E-state index is 14.4. The molecule has 0 bridgehead atoms. The number of hydrogen-bond donors (Lipinski definition) is 0. The van der Waals surface area contributed by atoms with Gasteiger partial charge in [0.05, 0.1) is 39.0 Å². The minimum atomic E-state index is -1.12. The number of aromatic nitrogens is 2. The molecular formula is C29H21N5O5. The first-order chi connectivity index (χ1) is 18.9. The van der Waals surface area contributed by atoms with Crippen molar-refractivity contribution in [1.29, 1.82) is 0 Å². The number of nitrogens with zero attached hydrogens (tertiary/aromatic N) is 5. The van der Waals surface area contributed by atoms with E-state index < -0.39 is 28.2 Å². The Bertz CT molecular complexity index is 1850. The fourth-order valence-electron chi connectivity index (χ4n) is 7.61. The Labute approximate surface area is 221 Å². The predicted molar refractivity (Wildman–Crippen MR) is 140 cm³/mol. The molecule has 0 aliphatic carbocycles. The van der Waals surface area contributed by atoms with Crippen LogP contribution in [0.4, 0.5) is 11.4 Å². The first-order valence-corrected chi connectivity index (χ1v) is 13.0. The molecule has 5 heterocycles. The summed E-state index contributed by atoms with van der Waals surface area (Å²) in [5, 5.41) is 11.9. The fourth-order valence-corrected chi connectivity index (χ4v) is 7.61. The lowest BCUT2D eigenvalue weighted by Crippen LogP contribution is -2.51. The Kier molecular flexibility index (Phi) is 4.26. The van der Waals surface area contributed by atoms with Gasteiger partial charge < -0.3 is 0 Å². The average molecular weight is 520 g/mol. The van der Waals surface area contributed by atoms with Crippen LogP contribution in [0.2, 0.25) is 0 Å². The summed E-state index contributed by atoms with van der Waals surface area (Å²) in [6.07, 6.45) is 1.57. The summed E-state index contributed by atoms with van der Waals surface area (Å²) in [6.45, 7) is 0.659. The number of benzene rings is 3. The smallest absolute Gasteiger partial charge is 0.271 e. The van der Waals surface area contributed by atoms with Crippen LogP contribution in [0.15, 0.2) is 77.6 Å². The van der Waals surface area contributed by atoms with Crippen molar-refractivity contribution in [3.8, 4) is 5.69 Å². The summed E-state index contributed by atoms with van der Waals surface area (Å²) in [7, 11) is 0. The van der Waals surface area contributed by atoms with Gasteiger partial charge in [-0.15, -0.1) is 0 Å². The highest BCUT2D eigenvalue weighted by atomic mass is 16.6. The number of non-ortho nitro benzene ring substituents is 1. The third-order valence-corrected chi connectivity index (χ3v) is 8.94. The van der Waals surface area contributed by atoms with Gasteiger partial charge in [0.15, 0.2) is 0 Å². The van der Waals surface area contributed by atoms with Gasteiger partial charge in [-0.1, -0.05) is 36.4 Å². The second-order valence-electron chi connectivity index (χ2n) is 10.6. The number of carbonyl (C=O) groups is 2. The highest BCUT2D eigenvalue weighted by Crippen LogP contribution is 2.62. The molecule has 2 amide bonds. The average Bonchev–Trinajstić information content (AvgIpc) is 3.66. The van der Waals surface area contributed by atoms with Gasteiger partial charge in [-0.05, 0) is 43.7 Å². The van der Waals surface area contributed by atoms with E-state index in [2.05, 4.69) is 4.90 Å². The Morgan fingerprint density at radius 1 is 0.949 bits per heavy atom. The molecule has 8 rings (SSSR count). The molecule has 10 nitrogen and oxygen atoms in total. The van der Waals surface area contributed by atoms with E-state index >= 15 is 0 Å². The molecule has 3 aromatic carbocycles. The van der Waals surface area contributed by atoms with Crippen molar-refractivity contribution in [2.75, 3.05) is 11.4 Å². The van der Waals surface area contributed by atoms with Crippen molar-refractivity contribution >= 4 is 34.1 Å². The molecule has 39 heavy (non-hydrogen) atoms. The zero-order valence-corrected chi connectivity index (χ0v) is 20.6. The van der Waals surface area contributed by atoms with Crippen LogP contribution < -0.4 is 10.5 Å². The predicted octanol–water partition coefficient (Wildman–Crippen LogP) is 3.13. The quantitative estimate of drug-likeness (QED) is 0.227. The number of nitro benzene ring substituents is 1. The zero-order chi connectivity index (χ0) is 26.6. The Hall–Kier alpha value is -4.70. The number of fused-ring (bicyclic) bond motifs is 11. The number of para-hydroxylation sites is 2. The van der Waals surface area contributed by atoms with Crippen LogP contribution in [-0.2, 0) is 15.1 Å². The lowest BCUT2D eigenvalue weighted by atomic mass is 9.75. The van der Waals surface area contributed by atoms with Crippen molar-refractivity contribution in [1.82, 2.24) is 14.5 Å². The number of imide groups is 1. The van der Waals surface area contributed by atoms with Crippen LogP contribution in [0.3, 0.4) is 0 Å². The first-order valence-electron chi connectivity index (χ1n) is 13.0. The summed E-state index contributed by atoms with van der Waals surface area (Å²) in [5.74, 6) is -1.84. The van der Waals surface area contributed by atoms with Crippen molar-refractivity contribution in [2.45, 2.75) is 24.4 Å². The third-order valence-electron chi connectivity index (χ3n) is 8.94. The fraction of sp³-hybridized carbons (Fsp3) is 0.241. The summed E-state index contributed by atoms with van der Waals surface area (Å²) in [4.78, 5) is 61.7. The summed E-state index contributed by atoms with van der Waals surface area (Å²) in [5.41, 5.74) is 0.636. The largest absolute Gasteiger partial charge is 0.283 e. The minimum absolute atomic E-state index is 0.184. The monoisotopic (exact) mass is 519 g/mol. The Balaban J connectivity index is 1.42. The second kappa shape index (κ2) is 7.45. The van der Waals surface area contributed by atoms with Gasteiger partial charge in [-0.3, -0.25) is 34.0 Å². The number of rotatable bonds is 2. The van der Waals surface area contributed by atoms with Crippen LogP contribution in [0.25, 0.3) is 16.6 Å². The van der Waals surface area contributed by atoms with Gasteiger partial charge in [-0.25, -0.2) is 9.88 Å². The third kappa shape index (κ3) is 2.54. The Morgan fingerprint density at radius 2 is 1.74 bits per heavy atom. The van der Waals surface area contributed by atoms with Crippen molar-refractivity contribution in [3.63, 3.8) is 0 Å². The SMILES string of the molecule is O=C1[C@H]2[C@@H](C(=O)N1c1cccc([N+](=O)[O-])c1)[C@@]1(c3ccccc3-n3c1nc1ccccc1c3=O)N1CCC[C@@H]21. The van der Waals surface area contributed by atoms with E-state index in [9.17, 15) is 24.5 Å². The number of amides is 2. The number of carbonyl (C=O) groups excluding carboxylic acids is 2. The molecular weight excluding hydrogens is 498 g/mol. The molecule has 4 atom stereocenters. The molecule has 4 aliphatic rings. The molecule has 0 unspecified atom stereocenters. The number of anilines is 1. The van der Waals surface area contributed by atoms with E-state index in [1.165, 1.54) is 18.2 Å². The van der Waals surface area contributed by atoms with Gasteiger partial charge in [-0.2, -0.15) is 0 Å². The summed E-state index contributed by atoms with van der Waals surface area (Å²) >= 11 is 0. The Morgan fingerprint density at radius 3 is 2.59 bits per heavy atom. The minimum Gasteiger partial charge on any atom is -0.283 e. The lowest BCUT2D eigenvalue weighted by molar-refractivity contribution is -0.384. The van der Waals surface area contributed by atoms with Crippen molar-refractivity contribution in [3.05, 3.63) is 105 Å². The van der Waals surface area contributed by atoms with Crippen LogP contribution in [0.1, 0.15) is 24.2 Å². The highest BCUT2D eigenvalue weighted by molar-refractivity contribution is 6.23. The van der Waals surface area contributed by atoms with Gasteiger partial charge in [0.2, 0.25) is 11.8 Å². The molecule has 10 heteroatoms. The summed E-state index contributed by atoms with van der Waals surface area (Å²) in [6, 6.07) is 20.1. The molecule has 3 saturated heterocycles. The maximum Gasteiger partial charge on any atom is 0.271 e. The maximum absolute atomic E-state index is 14.4. The van der Waals surface area contributed by atoms with Gasteiger partial charge >= 0.3 is 0 Å². The van der Waals surface area contributed by atoms with Crippen LogP contribution >= 0.6 is 0 Å². The second-order valence-corrected chi connectivity index (χ2v) is 10.6. The van der Waals surface area contributed by atoms with E-state index in [-0.39, 0.29) is 28.9 Å². The normalized spacial score (nSPS) is 26.8. The van der Waals surface area contributed by atoms with Crippen LogP contribution in [0, 0.1) is 22.0 Å². The van der Waals surface area contributed by atoms with Crippen molar-refractivity contribution in [2.24, 2.45) is 11.8 Å². The first kappa shape index (κ1) is 22.3. The van der Waals surface area contributed by atoms with Crippen LogP contribution in [0.5, 0.6) is 0 Å². The topological polar surface area (TPSA) is 119 Å². The van der Waals surface area contributed by atoms with E-state index in [4.69, 9.17) is 4.98 Å². The molecule has 1 aromatic heterocycles. The van der Waals surface area contributed by atoms with Crippen molar-refractivity contribution < 1.29 is 14.5 Å². The molecule has 192 valence electrons. The van der Waals surface area contributed by atoms with E-state index in [1.807, 2.05) is 30.3 Å². The van der Waals surface area contributed by atoms with Crippen LogP contribution in [-0.4, -0.2) is 43.8 Å². The molecule has 0 saturated carbocycles. The highest BCUT2D eigenvalue weighted by Gasteiger charge is 2.73. The molecule has 0 radical (unpaired) electrons. The van der Waals surface area contributed by atoms with E-state index in [1.54, 1.807) is 28.8 Å². The molecule has 0 N–H and O–H groups in total. The van der Waals surface area contributed by atoms with E-state index in [0.29, 0.717) is 29.0 Å². The van der Waals surface area contributed by atoms with E-state index in [0.717, 1.165) is 23.3 Å².